The molecule has 0 radical (unpaired) electrons. The number of nitrogens with zero attached hydrogens (tertiary/aromatic N) is 1. The molecule has 0 bridgehead atoms. The minimum absolute atomic E-state index is 0.228. The Morgan fingerprint density at radius 1 is 1.07 bits per heavy atom. The van der Waals surface area contributed by atoms with Crippen LogP contribution in [0.1, 0.15) is 36.5 Å². The molecule has 27 heavy (non-hydrogen) atoms. The summed E-state index contributed by atoms with van der Waals surface area (Å²) in [6, 6.07) is 13.3. The lowest BCUT2D eigenvalue weighted by molar-refractivity contribution is -0.129. The zero-order valence-electron chi connectivity index (χ0n) is 15.8. The van der Waals surface area contributed by atoms with Crippen molar-refractivity contribution in [1.29, 1.82) is 0 Å². The molecule has 1 heterocycles. The quantitative estimate of drug-likeness (QED) is 0.539. The fraction of sp³-hybridized carbons (Fsp3) is 0.273. The van der Waals surface area contributed by atoms with E-state index in [2.05, 4.69) is 11.9 Å². The fourth-order valence-electron chi connectivity index (χ4n) is 2.83. The number of carbonyl (C=O) groups is 1. The van der Waals surface area contributed by atoms with Crippen molar-refractivity contribution in [2.24, 2.45) is 4.99 Å². The highest BCUT2D eigenvalue weighted by molar-refractivity contribution is 6.13. The van der Waals surface area contributed by atoms with E-state index in [1.54, 1.807) is 38.5 Å². The predicted molar refractivity (Wildman–Crippen MR) is 105 cm³/mol. The van der Waals surface area contributed by atoms with E-state index >= 15 is 0 Å². The second kappa shape index (κ2) is 8.54. The molecule has 0 spiro atoms. The second-order valence-corrected chi connectivity index (χ2v) is 6.24. The van der Waals surface area contributed by atoms with Crippen molar-refractivity contribution in [3.63, 3.8) is 0 Å². The van der Waals surface area contributed by atoms with Crippen molar-refractivity contribution >= 4 is 17.9 Å². The van der Waals surface area contributed by atoms with Gasteiger partial charge in [-0.3, -0.25) is 0 Å². The fourth-order valence-corrected chi connectivity index (χ4v) is 2.83. The van der Waals surface area contributed by atoms with Crippen LogP contribution < -0.4 is 9.47 Å². The van der Waals surface area contributed by atoms with Crippen LogP contribution in [0.3, 0.4) is 0 Å². The number of ether oxygens (including phenoxy) is 3. The standard InChI is InChI=1S/C22H23NO4/c1-4-5-6-15-7-9-16(10-8-15)21-23-19(22(24)27-21)14-17-13-18(25-2)11-12-20(17)26-3/h7-14H,4-6H2,1-3H3/b19-14-. The summed E-state index contributed by atoms with van der Waals surface area (Å²) in [5, 5.41) is 0. The number of hydrogen-bond donors (Lipinski definition) is 0. The Morgan fingerprint density at radius 3 is 2.52 bits per heavy atom. The van der Waals surface area contributed by atoms with Crippen LogP contribution in [0.4, 0.5) is 0 Å². The van der Waals surface area contributed by atoms with Gasteiger partial charge in [-0.1, -0.05) is 25.5 Å². The van der Waals surface area contributed by atoms with Crippen molar-refractivity contribution in [2.45, 2.75) is 26.2 Å². The van der Waals surface area contributed by atoms with E-state index < -0.39 is 5.97 Å². The maximum Gasteiger partial charge on any atom is 0.363 e. The SMILES string of the molecule is CCCCc1ccc(C2=N/C(=C\c3cc(OC)ccc3OC)C(=O)O2)cc1. The van der Waals surface area contributed by atoms with Crippen molar-refractivity contribution < 1.29 is 19.0 Å². The first-order valence-electron chi connectivity index (χ1n) is 8.98. The van der Waals surface area contributed by atoms with Gasteiger partial charge in [-0.15, -0.1) is 0 Å². The number of aliphatic imine (C=N–C) groups is 1. The molecule has 5 heteroatoms. The van der Waals surface area contributed by atoms with Gasteiger partial charge in [0.1, 0.15) is 11.5 Å². The highest BCUT2D eigenvalue weighted by Gasteiger charge is 2.24. The van der Waals surface area contributed by atoms with Crippen LogP contribution in [0.2, 0.25) is 0 Å². The van der Waals surface area contributed by atoms with E-state index in [1.807, 2.05) is 24.3 Å². The number of rotatable bonds is 7. The number of cyclic esters (lactones) is 1. The summed E-state index contributed by atoms with van der Waals surface area (Å²) in [6.45, 7) is 2.17. The van der Waals surface area contributed by atoms with Crippen LogP contribution in [0.25, 0.3) is 6.08 Å². The summed E-state index contributed by atoms with van der Waals surface area (Å²) >= 11 is 0. The maximum absolute atomic E-state index is 12.2. The van der Waals surface area contributed by atoms with Gasteiger partial charge in [0, 0.05) is 11.1 Å². The first-order valence-corrected chi connectivity index (χ1v) is 8.98. The number of hydrogen-bond acceptors (Lipinski definition) is 5. The van der Waals surface area contributed by atoms with E-state index in [1.165, 1.54) is 5.56 Å². The molecule has 1 aliphatic heterocycles. The minimum atomic E-state index is -0.482. The number of esters is 1. The molecule has 0 unspecified atom stereocenters. The molecule has 3 rings (SSSR count). The number of carbonyl (C=O) groups excluding carboxylic acids is 1. The van der Waals surface area contributed by atoms with E-state index in [-0.39, 0.29) is 5.70 Å². The molecule has 2 aromatic rings. The highest BCUT2D eigenvalue weighted by Crippen LogP contribution is 2.28. The zero-order valence-corrected chi connectivity index (χ0v) is 15.8. The predicted octanol–water partition coefficient (Wildman–Crippen LogP) is 4.39. The van der Waals surface area contributed by atoms with Crippen LogP contribution in [0, 0.1) is 0 Å². The molecule has 0 aliphatic carbocycles. The molecule has 0 N–H and O–H groups in total. The number of unbranched alkanes of at least 4 members (excludes halogenated alkanes) is 1. The Morgan fingerprint density at radius 2 is 1.85 bits per heavy atom. The summed E-state index contributed by atoms with van der Waals surface area (Å²) < 4.78 is 15.9. The van der Waals surface area contributed by atoms with Gasteiger partial charge >= 0.3 is 5.97 Å². The van der Waals surface area contributed by atoms with Gasteiger partial charge in [-0.2, -0.15) is 0 Å². The van der Waals surface area contributed by atoms with E-state index in [9.17, 15) is 4.79 Å². The van der Waals surface area contributed by atoms with Gasteiger partial charge in [0.2, 0.25) is 5.90 Å². The average molecular weight is 365 g/mol. The molecule has 0 fully saturated rings. The summed E-state index contributed by atoms with van der Waals surface area (Å²) in [7, 11) is 3.16. The second-order valence-electron chi connectivity index (χ2n) is 6.24. The Hall–Kier alpha value is -3.08. The monoisotopic (exact) mass is 365 g/mol. The van der Waals surface area contributed by atoms with Crippen LogP contribution >= 0.6 is 0 Å². The Kier molecular flexibility index (Phi) is 5.91. The lowest BCUT2D eigenvalue weighted by Crippen LogP contribution is -2.05. The summed E-state index contributed by atoms with van der Waals surface area (Å²) in [5.41, 5.74) is 2.97. The highest BCUT2D eigenvalue weighted by atomic mass is 16.6. The molecule has 5 nitrogen and oxygen atoms in total. The zero-order chi connectivity index (χ0) is 19.2. The Balaban J connectivity index is 1.87. The normalized spacial score (nSPS) is 14.9. The number of benzene rings is 2. The first-order chi connectivity index (χ1) is 13.1. The molecule has 0 aromatic heterocycles. The van der Waals surface area contributed by atoms with Crippen molar-refractivity contribution in [1.82, 2.24) is 0 Å². The molecule has 2 aromatic carbocycles. The van der Waals surface area contributed by atoms with E-state index in [0.717, 1.165) is 24.8 Å². The molecule has 0 saturated heterocycles. The smallest absolute Gasteiger partial charge is 0.363 e. The summed E-state index contributed by atoms with van der Waals surface area (Å²) in [6.07, 6.45) is 5.01. The number of methoxy groups -OCH3 is 2. The first kappa shape index (κ1) is 18.7. The molecular formula is C22H23NO4. The van der Waals surface area contributed by atoms with E-state index in [0.29, 0.717) is 23.0 Å². The van der Waals surface area contributed by atoms with Gasteiger partial charge in [-0.25, -0.2) is 9.79 Å². The van der Waals surface area contributed by atoms with Gasteiger partial charge in [-0.05, 0) is 54.8 Å². The Bertz CT molecular complexity index is 882. The lowest BCUT2D eigenvalue weighted by Gasteiger charge is -2.07. The van der Waals surface area contributed by atoms with Crippen LogP contribution in [0.5, 0.6) is 11.5 Å². The largest absolute Gasteiger partial charge is 0.497 e. The number of aryl methyl sites for hydroxylation is 1. The third kappa shape index (κ3) is 4.37. The van der Waals surface area contributed by atoms with Gasteiger partial charge in [0.25, 0.3) is 0 Å². The molecule has 140 valence electrons. The minimum Gasteiger partial charge on any atom is -0.497 e. The van der Waals surface area contributed by atoms with Crippen molar-refractivity contribution in [3.05, 3.63) is 64.9 Å². The van der Waals surface area contributed by atoms with Gasteiger partial charge in [0.05, 0.1) is 14.2 Å². The van der Waals surface area contributed by atoms with Crippen LogP contribution in [0.15, 0.2) is 53.2 Å². The third-order valence-electron chi connectivity index (χ3n) is 4.37. The summed E-state index contributed by atoms with van der Waals surface area (Å²) in [5.74, 6) is 1.13. The Labute approximate surface area is 159 Å². The molecular weight excluding hydrogens is 342 g/mol. The maximum atomic E-state index is 12.2. The van der Waals surface area contributed by atoms with Gasteiger partial charge in [0.15, 0.2) is 5.70 Å². The summed E-state index contributed by atoms with van der Waals surface area (Å²) in [4.78, 5) is 16.6. The van der Waals surface area contributed by atoms with Gasteiger partial charge < -0.3 is 14.2 Å². The topological polar surface area (TPSA) is 57.1 Å². The van der Waals surface area contributed by atoms with Crippen molar-refractivity contribution in [3.8, 4) is 11.5 Å². The molecule has 0 saturated carbocycles. The van der Waals surface area contributed by atoms with Crippen molar-refractivity contribution in [2.75, 3.05) is 14.2 Å². The molecule has 0 amide bonds. The van der Waals surface area contributed by atoms with E-state index in [4.69, 9.17) is 14.2 Å². The molecule has 1 aliphatic rings. The lowest BCUT2D eigenvalue weighted by atomic mass is 10.1. The average Bonchev–Trinajstić information content (AvgIpc) is 3.07. The van der Waals surface area contributed by atoms with Crippen LogP contribution in [-0.4, -0.2) is 26.1 Å². The van der Waals surface area contributed by atoms with Crippen LogP contribution in [-0.2, 0) is 16.0 Å². The third-order valence-corrected chi connectivity index (χ3v) is 4.37. The molecule has 0 atom stereocenters.